The van der Waals surface area contributed by atoms with E-state index in [1.54, 1.807) is 21.3 Å². The molecule has 2 N–H and O–H groups in total. The highest BCUT2D eigenvalue weighted by molar-refractivity contribution is 5.59. The molecule has 0 saturated heterocycles. The molecule has 6 heteroatoms. The largest absolute Gasteiger partial charge is 1.00 e. The fraction of sp³-hybridized carbons (Fsp3) is 0.538. The third-order valence-corrected chi connectivity index (χ3v) is 3.35. The number of fused-ring (bicyclic) bond motifs is 1. The van der Waals surface area contributed by atoms with Crippen molar-refractivity contribution >= 4 is 0 Å². The molecule has 1 aromatic rings. The Morgan fingerprint density at radius 2 is 1.79 bits per heavy atom. The van der Waals surface area contributed by atoms with Crippen LogP contribution in [0.4, 0.5) is 0 Å². The molecule has 108 valence electrons. The molecule has 0 spiro atoms. The minimum Gasteiger partial charge on any atom is -1.00 e. The van der Waals surface area contributed by atoms with Crippen molar-refractivity contribution in [1.82, 2.24) is 0 Å². The highest BCUT2D eigenvalue weighted by atomic mass is 35.5. The molecule has 0 bridgehead atoms. The molecule has 0 saturated carbocycles. The molecular weight excluding hydrogens is 270 g/mol. The lowest BCUT2D eigenvalue weighted by atomic mass is 9.95. The molecule has 2 unspecified atom stereocenters. The lowest BCUT2D eigenvalue weighted by Crippen LogP contribution is -3.09. The van der Waals surface area contributed by atoms with E-state index in [1.165, 1.54) is 4.90 Å². The van der Waals surface area contributed by atoms with Gasteiger partial charge in [0.2, 0.25) is 5.75 Å². The first-order valence-corrected chi connectivity index (χ1v) is 5.93. The summed E-state index contributed by atoms with van der Waals surface area (Å²) in [6.45, 7) is 1.49. The molecule has 2 atom stereocenters. The van der Waals surface area contributed by atoms with E-state index in [1.807, 2.05) is 13.1 Å². The second kappa shape index (κ2) is 6.32. The van der Waals surface area contributed by atoms with E-state index in [4.69, 9.17) is 14.2 Å². The molecule has 0 radical (unpaired) electrons. The summed E-state index contributed by atoms with van der Waals surface area (Å²) in [7, 11) is 6.81. The van der Waals surface area contributed by atoms with Crippen molar-refractivity contribution in [3.05, 3.63) is 17.2 Å². The van der Waals surface area contributed by atoms with Gasteiger partial charge in [-0.15, -0.1) is 0 Å². The maximum atomic E-state index is 10.2. The van der Waals surface area contributed by atoms with Crippen LogP contribution in [0, 0.1) is 0 Å². The average Bonchev–Trinajstić information content (AvgIpc) is 2.36. The average molecular weight is 290 g/mol. The number of aliphatic hydroxyl groups is 1. The van der Waals surface area contributed by atoms with Gasteiger partial charge in [-0.1, -0.05) is 0 Å². The SMILES string of the molecule is COc1cc2c(c(OC)c1OC)C[NH+](C)CC2O.[Cl-]. The molecule has 1 aromatic carbocycles. The lowest BCUT2D eigenvalue weighted by molar-refractivity contribution is -0.900. The van der Waals surface area contributed by atoms with Gasteiger partial charge in [-0.05, 0) is 6.07 Å². The van der Waals surface area contributed by atoms with Gasteiger partial charge in [0, 0.05) is 5.56 Å². The quantitative estimate of drug-likeness (QED) is 0.615. The van der Waals surface area contributed by atoms with Gasteiger partial charge in [-0.25, -0.2) is 0 Å². The van der Waals surface area contributed by atoms with Crippen LogP contribution in [0.1, 0.15) is 17.2 Å². The predicted molar refractivity (Wildman–Crippen MR) is 66.5 cm³/mol. The van der Waals surface area contributed by atoms with Gasteiger partial charge < -0.3 is 36.6 Å². The van der Waals surface area contributed by atoms with Gasteiger partial charge in [0.1, 0.15) is 19.2 Å². The number of rotatable bonds is 3. The van der Waals surface area contributed by atoms with Gasteiger partial charge in [0.25, 0.3) is 0 Å². The van der Waals surface area contributed by atoms with Crippen LogP contribution in [-0.2, 0) is 6.54 Å². The van der Waals surface area contributed by atoms with Crippen LogP contribution >= 0.6 is 0 Å². The van der Waals surface area contributed by atoms with Crippen LogP contribution in [0.2, 0.25) is 0 Å². The summed E-state index contributed by atoms with van der Waals surface area (Å²) in [5.74, 6) is 1.83. The highest BCUT2D eigenvalue weighted by Crippen LogP contribution is 2.43. The van der Waals surface area contributed by atoms with E-state index >= 15 is 0 Å². The number of benzene rings is 1. The number of hydrogen-bond acceptors (Lipinski definition) is 4. The van der Waals surface area contributed by atoms with Crippen molar-refractivity contribution in [2.45, 2.75) is 12.6 Å². The molecule has 0 fully saturated rings. The van der Waals surface area contributed by atoms with E-state index in [0.29, 0.717) is 23.8 Å². The number of nitrogens with one attached hydrogen (secondary N) is 1. The number of aliphatic hydroxyl groups excluding tert-OH is 1. The van der Waals surface area contributed by atoms with Crippen LogP contribution < -0.4 is 31.5 Å². The summed E-state index contributed by atoms with van der Waals surface area (Å²) in [6, 6.07) is 1.84. The zero-order valence-electron chi connectivity index (χ0n) is 11.6. The van der Waals surface area contributed by atoms with Crippen molar-refractivity contribution in [2.75, 3.05) is 34.9 Å². The summed E-state index contributed by atoms with van der Waals surface area (Å²) in [5.41, 5.74) is 1.86. The molecule has 1 heterocycles. The molecule has 2 rings (SSSR count). The van der Waals surface area contributed by atoms with Crippen molar-refractivity contribution in [2.24, 2.45) is 0 Å². The highest BCUT2D eigenvalue weighted by Gasteiger charge is 2.31. The van der Waals surface area contributed by atoms with Crippen LogP contribution in [0.3, 0.4) is 0 Å². The Balaban J connectivity index is 0.00000180. The van der Waals surface area contributed by atoms with Gasteiger partial charge >= 0.3 is 0 Å². The summed E-state index contributed by atoms with van der Waals surface area (Å²) < 4.78 is 16.1. The molecule has 19 heavy (non-hydrogen) atoms. The molecule has 0 amide bonds. The van der Waals surface area contributed by atoms with E-state index in [2.05, 4.69) is 0 Å². The number of likely N-dealkylation sites (N-methyl/N-ethyl adjacent to an activating group) is 1. The topological polar surface area (TPSA) is 52.4 Å². The third kappa shape index (κ3) is 2.73. The number of halogens is 1. The Bertz CT molecular complexity index is 453. The number of ether oxygens (including phenoxy) is 3. The van der Waals surface area contributed by atoms with E-state index < -0.39 is 6.10 Å². The second-order valence-electron chi connectivity index (χ2n) is 4.57. The van der Waals surface area contributed by atoms with E-state index in [0.717, 1.165) is 17.7 Å². The fourth-order valence-electron chi connectivity index (χ4n) is 2.53. The lowest BCUT2D eigenvalue weighted by Gasteiger charge is -2.29. The van der Waals surface area contributed by atoms with Crippen molar-refractivity contribution in [3.8, 4) is 17.2 Å². The molecular formula is C13H20ClNO4. The Kier molecular flexibility index (Phi) is 5.29. The number of hydrogen-bond donors (Lipinski definition) is 2. The monoisotopic (exact) mass is 289 g/mol. The Hall–Kier alpha value is -1.17. The summed E-state index contributed by atoms with van der Waals surface area (Å²) in [5, 5.41) is 10.2. The minimum atomic E-state index is -0.498. The first-order chi connectivity index (χ1) is 8.62. The standard InChI is InChI=1S/C13H19NO4.ClH/c1-14-6-9-8(10(15)7-14)5-11(16-2)13(18-4)12(9)17-3;/h5,10,15H,6-7H2,1-4H3;1H. The Morgan fingerprint density at radius 1 is 1.16 bits per heavy atom. The van der Waals surface area contributed by atoms with Crippen LogP contribution in [0.5, 0.6) is 17.2 Å². The van der Waals surface area contributed by atoms with Crippen LogP contribution in [-0.4, -0.2) is 40.0 Å². The predicted octanol–water partition coefficient (Wildman–Crippen LogP) is -3.22. The van der Waals surface area contributed by atoms with Gasteiger partial charge in [-0.3, -0.25) is 0 Å². The van der Waals surface area contributed by atoms with Crippen molar-refractivity contribution in [1.29, 1.82) is 0 Å². The second-order valence-corrected chi connectivity index (χ2v) is 4.57. The molecule has 0 aliphatic carbocycles. The molecule has 0 aromatic heterocycles. The van der Waals surface area contributed by atoms with Gasteiger partial charge in [0.15, 0.2) is 11.5 Å². The zero-order valence-corrected chi connectivity index (χ0v) is 12.4. The first kappa shape index (κ1) is 15.9. The smallest absolute Gasteiger partial charge is 0.203 e. The van der Waals surface area contributed by atoms with Crippen LogP contribution in [0.15, 0.2) is 6.07 Å². The van der Waals surface area contributed by atoms with Crippen LogP contribution in [0.25, 0.3) is 0 Å². The first-order valence-electron chi connectivity index (χ1n) is 5.93. The minimum absolute atomic E-state index is 0. The number of quaternary nitrogens is 1. The molecule has 1 aliphatic heterocycles. The summed E-state index contributed by atoms with van der Waals surface area (Å²) in [4.78, 5) is 1.24. The fourth-order valence-corrected chi connectivity index (χ4v) is 2.53. The maximum absolute atomic E-state index is 10.2. The summed E-state index contributed by atoms with van der Waals surface area (Å²) >= 11 is 0. The molecule has 1 aliphatic rings. The Labute approximate surface area is 119 Å². The molecule has 5 nitrogen and oxygen atoms in total. The van der Waals surface area contributed by atoms with Crippen molar-refractivity contribution in [3.63, 3.8) is 0 Å². The normalized spacial score (nSPS) is 21.1. The third-order valence-electron chi connectivity index (χ3n) is 3.35. The summed E-state index contributed by atoms with van der Waals surface area (Å²) in [6.07, 6.45) is -0.498. The van der Waals surface area contributed by atoms with Crippen molar-refractivity contribution < 1.29 is 36.6 Å². The zero-order chi connectivity index (χ0) is 13.3. The Morgan fingerprint density at radius 3 is 2.32 bits per heavy atom. The van der Waals surface area contributed by atoms with Gasteiger partial charge in [-0.2, -0.15) is 0 Å². The van der Waals surface area contributed by atoms with E-state index in [9.17, 15) is 5.11 Å². The maximum Gasteiger partial charge on any atom is 0.203 e. The van der Waals surface area contributed by atoms with E-state index in [-0.39, 0.29) is 12.4 Å². The number of methoxy groups -OCH3 is 3. The van der Waals surface area contributed by atoms with Gasteiger partial charge in [0.05, 0.1) is 33.9 Å².